The zero-order valence-corrected chi connectivity index (χ0v) is 26.1. The number of pyridine rings is 1. The molecule has 2 aromatic rings. The number of carbonyl (C=O) groups excluding carboxylic acids is 3. The minimum absolute atomic E-state index is 0.000679. The Balaban J connectivity index is 1.18. The molecule has 1 saturated carbocycles. The van der Waals surface area contributed by atoms with Crippen molar-refractivity contribution in [1.29, 1.82) is 0 Å². The van der Waals surface area contributed by atoms with E-state index in [0.29, 0.717) is 42.3 Å². The first kappa shape index (κ1) is 29.7. The van der Waals surface area contributed by atoms with Crippen LogP contribution in [0.5, 0.6) is 0 Å². The fraction of sp³-hybridized carbons (Fsp3) is 0.594. The molecule has 10 nitrogen and oxygen atoms in total. The number of hydrogen-bond donors (Lipinski definition) is 1. The Hall–Kier alpha value is -3.31. The third kappa shape index (κ3) is 5.46. The third-order valence-corrected chi connectivity index (χ3v) is 10.8. The number of nitrogens with zero attached hydrogens (tertiary/aromatic N) is 5. The average molecular weight is 608 g/mol. The number of amides is 4. The van der Waals surface area contributed by atoms with Gasteiger partial charge in [0.2, 0.25) is 11.8 Å². The molecule has 1 unspecified atom stereocenters. The van der Waals surface area contributed by atoms with E-state index in [2.05, 4.69) is 9.88 Å². The SMILES string of the molecule is CC(C)(C)N(C(=O)O)c1sc(-c2ccccn2)cc1C(=O)N1CCC(N2CCCC3(CC(=O)N(C4CCC4)C3=O)C2)CC1. The molecule has 1 N–H and O–H groups in total. The lowest BCUT2D eigenvalue weighted by Gasteiger charge is -2.45. The van der Waals surface area contributed by atoms with Crippen LogP contribution in [0.2, 0.25) is 0 Å². The average Bonchev–Trinajstić information content (AvgIpc) is 3.46. The second-order valence-electron chi connectivity index (χ2n) is 13.5. The van der Waals surface area contributed by atoms with Crippen molar-refractivity contribution in [2.24, 2.45) is 5.41 Å². The summed E-state index contributed by atoms with van der Waals surface area (Å²) in [6.07, 6.45) is 7.04. The van der Waals surface area contributed by atoms with Gasteiger partial charge in [-0.2, -0.15) is 0 Å². The van der Waals surface area contributed by atoms with E-state index in [-0.39, 0.29) is 29.8 Å². The molecule has 4 aliphatic rings. The van der Waals surface area contributed by atoms with E-state index in [1.165, 1.54) is 16.2 Å². The Bertz CT molecular complexity index is 1410. The monoisotopic (exact) mass is 607 g/mol. The number of hydrogen-bond acceptors (Lipinski definition) is 7. The van der Waals surface area contributed by atoms with Gasteiger partial charge >= 0.3 is 6.09 Å². The fourth-order valence-corrected chi connectivity index (χ4v) is 8.56. The van der Waals surface area contributed by atoms with Crippen molar-refractivity contribution >= 4 is 40.2 Å². The van der Waals surface area contributed by atoms with E-state index >= 15 is 0 Å². The molecule has 0 bridgehead atoms. The molecule has 43 heavy (non-hydrogen) atoms. The van der Waals surface area contributed by atoms with Crippen molar-refractivity contribution in [3.63, 3.8) is 0 Å². The molecule has 3 saturated heterocycles. The number of likely N-dealkylation sites (tertiary alicyclic amines) is 3. The van der Waals surface area contributed by atoms with Gasteiger partial charge in [-0.3, -0.25) is 34.1 Å². The molecule has 11 heteroatoms. The maximum Gasteiger partial charge on any atom is 0.412 e. The molecule has 1 spiro atoms. The molecule has 4 fully saturated rings. The highest BCUT2D eigenvalue weighted by Crippen LogP contribution is 2.45. The number of rotatable bonds is 5. The Morgan fingerprint density at radius 3 is 2.40 bits per heavy atom. The second kappa shape index (κ2) is 11.3. The molecule has 3 aliphatic heterocycles. The van der Waals surface area contributed by atoms with Gasteiger partial charge in [0.1, 0.15) is 5.00 Å². The van der Waals surface area contributed by atoms with Crippen LogP contribution in [0.4, 0.5) is 9.80 Å². The first-order valence-corrected chi connectivity index (χ1v) is 16.3. The highest BCUT2D eigenvalue weighted by Gasteiger charge is 2.56. The summed E-state index contributed by atoms with van der Waals surface area (Å²) in [5.74, 6) is -0.139. The van der Waals surface area contributed by atoms with Gasteiger partial charge < -0.3 is 10.0 Å². The first-order valence-electron chi connectivity index (χ1n) is 15.5. The van der Waals surface area contributed by atoms with Crippen LogP contribution >= 0.6 is 11.3 Å². The molecule has 6 rings (SSSR count). The van der Waals surface area contributed by atoms with E-state index in [1.807, 2.05) is 43.9 Å². The van der Waals surface area contributed by atoms with Crippen LogP contribution in [0, 0.1) is 5.41 Å². The number of carbonyl (C=O) groups is 4. The van der Waals surface area contributed by atoms with Crippen LogP contribution in [-0.2, 0) is 9.59 Å². The van der Waals surface area contributed by atoms with Crippen LogP contribution < -0.4 is 4.90 Å². The molecule has 1 aliphatic carbocycles. The number of anilines is 1. The molecule has 4 amide bonds. The fourth-order valence-electron chi connectivity index (χ4n) is 7.25. The molecule has 0 aromatic carbocycles. The van der Waals surface area contributed by atoms with Gasteiger partial charge in [-0.05, 0) is 90.5 Å². The minimum atomic E-state index is -1.11. The highest BCUT2D eigenvalue weighted by molar-refractivity contribution is 7.20. The predicted molar refractivity (Wildman–Crippen MR) is 164 cm³/mol. The molecule has 1 atom stereocenters. The van der Waals surface area contributed by atoms with Crippen molar-refractivity contribution in [1.82, 2.24) is 19.7 Å². The van der Waals surface area contributed by atoms with Crippen molar-refractivity contribution in [3.8, 4) is 10.6 Å². The summed E-state index contributed by atoms with van der Waals surface area (Å²) in [4.78, 5) is 65.1. The summed E-state index contributed by atoms with van der Waals surface area (Å²) in [6.45, 7) is 8.06. The molecular formula is C32H41N5O5S. The van der Waals surface area contributed by atoms with Crippen molar-refractivity contribution < 1.29 is 24.3 Å². The van der Waals surface area contributed by atoms with Gasteiger partial charge in [0, 0.05) is 49.9 Å². The maximum atomic E-state index is 14.0. The van der Waals surface area contributed by atoms with E-state index < -0.39 is 17.0 Å². The Morgan fingerprint density at radius 2 is 1.79 bits per heavy atom. The van der Waals surface area contributed by atoms with E-state index in [9.17, 15) is 24.3 Å². The Kier molecular flexibility index (Phi) is 7.83. The normalized spacial score (nSPS) is 24.1. The lowest BCUT2D eigenvalue weighted by molar-refractivity contribution is -0.147. The summed E-state index contributed by atoms with van der Waals surface area (Å²) < 4.78 is 0. The summed E-state index contributed by atoms with van der Waals surface area (Å²) in [7, 11) is 0. The van der Waals surface area contributed by atoms with Gasteiger partial charge in [-0.15, -0.1) is 11.3 Å². The van der Waals surface area contributed by atoms with Crippen molar-refractivity contribution in [2.45, 2.75) is 89.8 Å². The smallest absolute Gasteiger partial charge is 0.412 e. The van der Waals surface area contributed by atoms with E-state index in [0.717, 1.165) is 56.4 Å². The van der Waals surface area contributed by atoms with Gasteiger partial charge in [0.05, 0.1) is 21.5 Å². The Labute approximate surface area is 256 Å². The Morgan fingerprint density at radius 1 is 1.05 bits per heavy atom. The first-order chi connectivity index (χ1) is 20.5. The van der Waals surface area contributed by atoms with Gasteiger partial charge in [0.25, 0.3) is 5.91 Å². The van der Waals surface area contributed by atoms with Gasteiger partial charge in [0.15, 0.2) is 0 Å². The molecule has 0 radical (unpaired) electrons. The lowest BCUT2D eigenvalue weighted by atomic mass is 9.77. The molecule has 5 heterocycles. The molecule has 2 aromatic heterocycles. The van der Waals surface area contributed by atoms with Crippen molar-refractivity contribution in [3.05, 3.63) is 36.0 Å². The number of thiophene rings is 1. The molecule has 230 valence electrons. The van der Waals surface area contributed by atoms with Crippen LogP contribution in [0.25, 0.3) is 10.6 Å². The number of carboxylic acid groups (broad SMARTS) is 1. The third-order valence-electron chi connectivity index (χ3n) is 9.67. The highest BCUT2D eigenvalue weighted by atomic mass is 32.1. The summed E-state index contributed by atoms with van der Waals surface area (Å²) in [5, 5.41) is 10.6. The number of piperidine rings is 2. The number of aromatic nitrogens is 1. The zero-order chi connectivity index (χ0) is 30.5. The molecular weight excluding hydrogens is 566 g/mol. The predicted octanol–water partition coefficient (Wildman–Crippen LogP) is 5.09. The summed E-state index contributed by atoms with van der Waals surface area (Å²) in [6, 6.07) is 7.66. The topological polar surface area (TPSA) is 114 Å². The second-order valence-corrected chi connectivity index (χ2v) is 14.6. The van der Waals surface area contributed by atoms with Crippen LogP contribution in [0.1, 0.15) is 82.5 Å². The summed E-state index contributed by atoms with van der Waals surface area (Å²) in [5.41, 5.74) is -0.277. The standard InChI is InChI=1S/C32H41N5O5S/c1-31(2,3)37(30(41)42)28-23(18-25(43-28)24-10-4-5-14-33-24)27(39)34-16-11-21(12-17-34)35-15-7-13-32(20-35)19-26(38)36(29(32)40)22-8-6-9-22/h4-5,10,14,18,21-22H,6-9,11-13,15-17,19-20H2,1-3H3,(H,41,42). The van der Waals surface area contributed by atoms with Crippen LogP contribution in [0.15, 0.2) is 30.5 Å². The van der Waals surface area contributed by atoms with Crippen molar-refractivity contribution in [2.75, 3.05) is 31.1 Å². The number of imide groups is 1. The maximum absolute atomic E-state index is 14.0. The van der Waals surface area contributed by atoms with E-state index in [4.69, 9.17) is 0 Å². The quantitative estimate of drug-likeness (QED) is 0.471. The largest absolute Gasteiger partial charge is 0.465 e. The van der Waals surface area contributed by atoms with Gasteiger partial charge in [-0.25, -0.2) is 4.79 Å². The minimum Gasteiger partial charge on any atom is -0.465 e. The zero-order valence-electron chi connectivity index (χ0n) is 25.3. The summed E-state index contributed by atoms with van der Waals surface area (Å²) >= 11 is 1.27. The van der Waals surface area contributed by atoms with Crippen LogP contribution in [0.3, 0.4) is 0 Å². The van der Waals surface area contributed by atoms with E-state index in [1.54, 1.807) is 17.2 Å². The van der Waals surface area contributed by atoms with Crippen LogP contribution in [-0.4, -0.2) is 92.4 Å². The van der Waals surface area contributed by atoms with Gasteiger partial charge in [-0.1, -0.05) is 6.07 Å². The lowest BCUT2D eigenvalue weighted by Crippen LogP contribution is -2.55.